The molecule has 2 aromatic carbocycles. The molecule has 0 radical (unpaired) electrons. The zero-order valence-electron chi connectivity index (χ0n) is 14.0. The number of carbonyl (C=O) groups excluding carboxylic acids is 2. The van der Waals surface area contributed by atoms with Gasteiger partial charge in [-0.1, -0.05) is 12.1 Å². The SMILES string of the molecule is CNC(=O)c1ccc(NC(=O)c2ccc(C3SCCCS3)cc2)cc1. The molecule has 1 heterocycles. The van der Waals surface area contributed by atoms with E-state index in [4.69, 9.17) is 0 Å². The summed E-state index contributed by atoms with van der Waals surface area (Å²) in [5.41, 5.74) is 3.12. The maximum absolute atomic E-state index is 12.4. The van der Waals surface area contributed by atoms with Gasteiger partial charge in [-0.15, -0.1) is 23.5 Å². The van der Waals surface area contributed by atoms with Gasteiger partial charge in [0.1, 0.15) is 0 Å². The van der Waals surface area contributed by atoms with Crippen LogP contribution in [0.25, 0.3) is 0 Å². The van der Waals surface area contributed by atoms with Gasteiger partial charge < -0.3 is 10.6 Å². The Hall–Kier alpha value is -1.92. The van der Waals surface area contributed by atoms with E-state index in [1.807, 2.05) is 47.8 Å². The molecule has 0 atom stereocenters. The highest BCUT2D eigenvalue weighted by molar-refractivity contribution is 8.16. The molecule has 1 aliphatic heterocycles. The van der Waals surface area contributed by atoms with Crippen molar-refractivity contribution >= 4 is 41.0 Å². The smallest absolute Gasteiger partial charge is 0.255 e. The molecule has 0 aromatic heterocycles. The lowest BCUT2D eigenvalue weighted by Crippen LogP contribution is -2.17. The van der Waals surface area contributed by atoms with E-state index in [1.165, 1.54) is 23.5 Å². The van der Waals surface area contributed by atoms with E-state index in [1.54, 1.807) is 31.3 Å². The van der Waals surface area contributed by atoms with Crippen LogP contribution in [0, 0.1) is 0 Å². The molecular weight excluding hydrogens is 352 g/mol. The van der Waals surface area contributed by atoms with Crippen LogP contribution in [-0.4, -0.2) is 30.4 Å². The summed E-state index contributed by atoms with van der Waals surface area (Å²) < 4.78 is 0.475. The summed E-state index contributed by atoms with van der Waals surface area (Å²) in [7, 11) is 1.59. The summed E-state index contributed by atoms with van der Waals surface area (Å²) >= 11 is 3.94. The summed E-state index contributed by atoms with van der Waals surface area (Å²) in [6.07, 6.45) is 1.27. The van der Waals surface area contributed by atoms with Crippen molar-refractivity contribution in [1.82, 2.24) is 5.32 Å². The molecule has 2 aromatic rings. The minimum Gasteiger partial charge on any atom is -0.355 e. The average molecular weight is 373 g/mol. The molecule has 0 unspecified atom stereocenters. The van der Waals surface area contributed by atoms with E-state index in [2.05, 4.69) is 10.6 Å². The van der Waals surface area contributed by atoms with Crippen molar-refractivity contribution in [2.24, 2.45) is 0 Å². The van der Waals surface area contributed by atoms with Gasteiger partial charge >= 0.3 is 0 Å². The van der Waals surface area contributed by atoms with Crippen molar-refractivity contribution in [2.45, 2.75) is 11.0 Å². The molecule has 130 valence electrons. The predicted octanol–water partition coefficient (Wildman–Crippen LogP) is 4.17. The topological polar surface area (TPSA) is 58.2 Å². The Balaban J connectivity index is 1.63. The molecule has 25 heavy (non-hydrogen) atoms. The van der Waals surface area contributed by atoms with Gasteiger partial charge in [-0.3, -0.25) is 9.59 Å². The molecule has 2 N–H and O–H groups in total. The highest BCUT2D eigenvalue weighted by Crippen LogP contribution is 2.43. The summed E-state index contributed by atoms with van der Waals surface area (Å²) in [4.78, 5) is 23.9. The summed E-state index contributed by atoms with van der Waals surface area (Å²) in [5, 5.41) is 5.43. The lowest BCUT2D eigenvalue weighted by Gasteiger charge is -2.21. The maximum atomic E-state index is 12.4. The van der Waals surface area contributed by atoms with Crippen molar-refractivity contribution in [3.8, 4) is 0 Å². The van der Waals surface area contributed by atoms with E-state index in [0.717, 1.165) is 0 Å². The van der Waals surface area contributed by atoms with Crippen LogP contribution in [0.15, 0.2) is 48.5 Å². The minimum atomic E-state index is -0.150. The fourth-order valence-electron chi connectivity index (χ4n) is 2.52. The van der Waals surface area contributed by atoms with Crippen molar-refractivity contribution in [3.63, 3.8) is 0 Å². The lowest BCUT2D eigenvalue weighted by molar-refractivity contribution is 0.0962. The van der Waals surface area contributed by atoms with Crippen molar-refractivity contribution in [2.75, 3.05) is 23.9 Å². The van der Waals surface area contributed by atoms with Crippen molar-refractivity contribution in [3.05, 3.63) is 65.2 Å². The summed E-state index contributed by atoms with van der Waals surface area (Å²) in [5.74, 6) is 2.10. The van der Waals surface area contributed by atoms with E-state index in [-0.39, 0.29) is 11.8 Å². The molecule has 0 aliphatic carbocycles. The van der Waals surface area contributed by atoms with Crippen LogP contribution in [0.4, 0.5) is 5.69 Å². The molecule has 1 saturated heterocycles. The molecular formula is C19H20N2O2S2. The highest BCUT2D eigenvalue weighted by Gasteiger charge is 2.17. The monoisotopic (exact) mass is 372 g/mol. The van der Waals surface area contributed by atoms with Gasteiger partial charge in [-0.25, -0.2) is 0 Å². The van der Waals surface area contributed by atoms with E-state index >= 15 is 0 Å². The van der Waals surface area contributed by atoms with Gasteiger partial charge in [0, 0.05) is 23.9 Å². The Morgan fingerprint density at radius 3 is 2.04 bits per heavy atom. The van der Waals surface area contributed by atoms with Crippen LogP contribution in [0.3, 0.4) is 0 Å². The first kappa shape index (κ1) is 17.9. The fraction of sp³-hybridized carbons (Fsp3) is 0.263. The summed E-state index contributed by atoms with van der Waals surface area (Å²) in [6, 6.07) is 14.7. The molecule has 0 bridgehead atoms. The van der Waals surface area contributed by atoms with Crippen molar-refractivity contribution < 1.29 is 9.59 Å². The predicted molar refractivity (Wildman–Crippen MR) is 107 cm³/mol. The van der Waals surface area contributed by atoms with Gasteiger partial charge in [0.05, 0.1) is 4.58 Å². The molecule has 4 nitrogen and oxygen atoms in total. The Morgan fingerprint density at radius 1 is 0.880 bits per heavy atom. The number of hydrogen-bond acceptors (Lipinski definition) is 4. The van der Waals surface area contributed by atoms with Crippen LogP contribution < -0.4 is 10.6 Å². The molecule has 6 heteroatoms. The average Bonchev–Trinajstić information content (AvgIpc) is 2.68. The number of thioether (sulfide) groups is 2. The van der Waals surface area contributed by atoms with E-state index in [9.17, 15) is 9.59 Å². The summed E-state index contributed by atoms with van der Waals surface area (Å²) in [6.45, 7) is 0. The Kier molecular flexibility index (Phi) is 6.04. The number of nitrogens with one attached hydrogen (secondary N) is 2. The zero-order chi connectivity index (χ0) is 17.6. The second kappa shape index (κ2) is 8.45. The quantitative estimate of drug-likeness (QED) is 0.846. The molecule has 3 rings (SSSR count). The first-order valence-electron chi connectivity index (χ1n) is 8.14. The third kappa shape index (κ3) is 4.58. The number of anilines is 1. The molecule has 1 aliphatic rings. The Morgan fingerprint density at radius 2 is 1.44 bits per heavy atom. The number of benzene rings is 2. The number of amides is 2. The number of rotatable bonds is 4. The largest absolute Gasteiger partial charge is 0.355 e. The Bertz CT molecular complexity index is 739. The van der Waals surface area contributed by atoms with Crippen LogP contribution in [0.2, 0.25) is 0 Å². The van der Waals surface area contributed by atoms with Gasteiger partial charge in [0.25, 0.3) is 11.8 Å². The second-order valence-corrected chi connectivity index (χ2v) is 8.38. The molecule has 1 fully saturated rings. The lowest BCUT2D eigenvalue weighted by atomic mass is 10.1. The third-order valence-corrected chi connectivity index (χ3v) is 6.92. The van der Waals surface area contributed by atoms with Gasteiger partial charge in [-0.2, -0.15) is 0 Å². The molecule has 0 saturated carbocycles. The number of hydrogen-bond donors (Lipinski definition) is 2. The van der Waals surface area contributed by atoms with Gasteiger partial charge in [0.2, 0.25) is 0 Å². The van der Waals surface area contributed by atoms with E-state index in [0.29, 0.717) is 21.4 Å². The number of carbonyl (C=O) groups is 2. The second-order valence-electron chi connectivity index (χ2n) is 5.66. The van der Waals surface area contributed by atoms with Crippen molar-refractivity contribution in [1.29, 1.82) is 0 Å². The van der Waals surface area contributed by atoms with Crippen LogP contribution >= 0.6 is 23.5 Å². The van der Waals surface area contributed by atoms with Crippen LogP contribution in [0.5, 0.6) is 0 Å². The fourth-order valence-corrected chi connectivity index (χ4v) is 5.42. The molecule has 0 spiro atoms. The zero-order valence-corrected chi connectivity index (χ0v) is 15.6. The first-order valence-corrected chi connectivity index (χ1v) is 10.2. The van der Waals surface area contributed by atoms with Gasteiger partial charge in [0.15, 0.2) is 0 Å². The maximum Gasteiger partial charge on any atom is 0.255 e. The first-order chi connectivity index (χ1) is 12.2. The standard InChI is InChI=1S/C19H20N2O2S2/c1-20-17(22)13-7-9-16(10-8-13)21-18(23)14-3-5-15(6-4-14)19-24-11-2-12-25-19/h3-10,19H,2,11-12H2,1H3,(H,20,22)(H,21,23). The van der Waals surface area contributed by atoms with Crippen LogP contribution in [-0.2, 0) is 0 Å². The minimum absolute atomic E-state index is 0.146. The molecule has 2 amide bonds. The highest BCUT2D eigenvalue weighted by atomic mass is 32.2. The van der Waals surface area contributed by atoms with Gasteiger partial charge in [-0.05, 0) is 59.9 Å². The van der Waals surface area contributed by atoms with E-state index < -0.39 is 0 Å². The van der Waals surface area contributed by atoms with Crippen LogP contribution in [0.1, 0.15) is 37.3 Å². The normalized spacial score (nSPS) is 14.8. The Labute approximate surface area is 156 Å². The third-order valence-electron chi connectivity index (χ3n) is 3.90.